The highest BCUT2D eigenvalue weighted by Gasteiger charge is 2.17. The first kappa shape index (κ1) is 25.1. The Bertz CT molecular complexity index is 1540. The minimum Gasteiger partial charge on any atom is -0.496 e. The van der Waals surface area contributed by atoms with Crippen molar-refractivity contribution in [3.05, 3.63) is 89.3 Å². The van der Waals surface area contributed by atoms with Crippen LogP contribution in [0.4, 0.5) is 11.4 Å². The molecule has 0 spiro atoms. The molecule has 2 aromatic carbocycles. The number of carbonyl (C=O) groups is 1. The molecule has 1 saturated heterocycles. The van der Waals surface area contributed by atoms with Crippen molar-refractivity contribution in [3.8, 4) is 11.4 Å². The van der Waals surface area contributed by atoms with E-state index in [1.54, 1.807) is 37.6 Å². The van der Waals surface area contributed by atoms with E-state index in [9.17, 15) is 9.59 Å². The Balaban J connectivity index is 1.45. The third-order valence-electron chi connectivity index (χ3n) is 6.61. The molecule has 1 aliphatic heterocycles. The number of nitrogens with zero attached hydrogens (tertiary/aromatic N) is 6. The number of anilines is 2. The van der Waals surface area contributed by atoms with Crippen LogP contribution in [0.3, 0.4) is 0 Å². The maximum absolute atomic E-state index is 12.9. The first-order chi connectivity index (χ1) is 18.4. The number of methoxy groups -OCH3 is 1. The summed E-state index contributed by atoms with van der Waals surface area (Å²) in [5.74, 6) is 0.999. The van der Waals surface area contributed by atoms with E-state index in [1.807, 2.05) is 6.07 Å². The fourth-order valence-corrected chi connectivity index (χ4v) is 4.48. The van der Waals surface area contributed by atoms with E-state index in [4.69, 9.17) is 9.72 Å². The Morgan fingerprint density at radius 2 is 1.79 bits per heavy atom. The summed E-state index contributed by atoms with van der Waals surface area (Å²) in [5.41, 5.74) is 3.84. The lowest BCUT2D eigenvalue weighted by molar-refractivity contribution is -0.111. The lowest BCUT2D eigenvalue weighted by Crippen LogP contribution is -2.44. The molecule has 0 unspecified atom stereocenters. The SMILES string of the molecule is C=CC(=O)Nc1ccc(-n2c(=O)cnc3cnc(Cc4ccc(N5CCN(C)CC5)cc4OC)nc32)cc1. The summed E-state index contributed by atoms with van der Waals surface area (Å²) >= 11 is 0. The molecule has 10 nitrogen and oxygen atoms in total. The summed E-state index contributed by atoms with van der Waals surface area (Å²) in [5, 5.41) is 2.70. The summed E-state index contributed by atoms with van der Waals surface area (Å²) in [6.45, 7) is 7.45. The number of carbonyl (C=O) groups excluding carboxylic acids is 1. The normalized spacial score (nSPS) is 13.9. The molecule has 0 atom stereocenters. The van der Waals surface area contributed by atoms with Crippen LogP contribution in [0.25, 0.3) is 16.9 Å². The van der Waals surface area contributed by atoms with E-state index < -0.39 is 0 Å². The first-order valence-electron chi connectivity index (χ1n) is 12.3. The molecule has 1 amide bonds. The zero-order chi connectivity index (χ0) is 26.6. The molecule has 1 aliphatic rings. The standard InChI is InChI=1S/C28H29N7O3/c1-4-26(36)31-20-6-9-21(10-7-20)35-27(37)18-29-23-17-30-25(32-28(23)35)15-19-5-8-22(16-24(19)38-3)34-13-11-33(2)12-14-34/h4-10,16-18H,1,11-15H2,2-3H3,(H,31,36). The van der Waals surface area contributed by atoms with Gasteiger partial charge in [-0.05, 0) is 43.5 Å². The van der Waals surface area contributed by atoms with Crippen LogP contribution in [0.2, 0.25) is 0 Å². The molecule has 194 valence electrons. The van der Waals surface area contributed by atoms with Crippen LogP contribution < -0.4 is 20.5 Å². The van der Waals surface area contributed by atoms with Gasteiger partial charge in [0.2, 0.25) is 5.91 Å². The van der Waals surface area contributed by atoms with Crippen molar-refractivity contribution >= 4 is 28.4 Å². The van der Waals surface area contributed by atoms with E-state index in [1.165, 1.54) is 16.8 Å². The molecule has 0 saturated carbocycles. The number of hydrogen-bond donors (Lipinski definition) is 1. The van der Waals surface area contributed by atoms with Gasteiger partial charge in [-0.15, -0.1) is 0 Å². The molecule has 4 aromatic rings. The van der Waals surface area contributed by atoms with Crippen LogP contribution in [-0.4, -0.2) is 70.7 Å². The minimum atomic E-state index is -0.320. The zero-order valence-corrected chi connectivity index (χ0v) is 21.4. The second-order valence-corrected chi connectivity index (χ2v) is 9.13. The number of hydrogen-bond acceptors (Lipinski definition) is 8. The number of likely N-dealkylation sites (N-methyl/N-ethyl adjacent to an activating group) is 1. The van der Waals surface area contributed by atoms with Crippen LogP contribution in [0, 0.1) is 0 Å². The Hall–Kier alpha value is -4.57. The molecule has 5 rings (SSSR count). The second-order valence-electron chi connectivity index (χ2n) is 9.13. The number of rotatable bonds is 7. The van der Waals surface area contributed by atoms with Crippen LogP contribution in [0.5, 0.6) is 5.75 Å². The van der Waals surface area contributed by atoms with Gasteiger partial charge in [-0.1, -0.05) is 12.6 Å². The monoisotopic (exact) mass is 511 g/mol. The fraction of sp³-hybridized carbons (Fsp3) is 0.250. The van der Waals surface area contributed by atoms with E-state index in [0.29, 0.717) is 34.8 Å². The quantitative estimate of drug-likeness (QED) is 0.378. The van der Waals surface area contributed by atoms with Crippen molar-refractivity contribution < 1.29 is 9.53 Å². The highest BCUT2D eigenvalue weighted by atomic mass is 16.5. The molecule has 0 aliphatic carbocycles. The van der Waals surface area contributed by atoms with Gasteiger partial charge >= 0.3 is 0 Å². The van der Waals surface area contributed by atoms with Crippen molar-refractivity contribution in [2.45, 2.75) is 6.42 Å². The fourth-order valence-electron chi connectivity index (χ4n) is 4.48. The molecule has 1 N–H and O–H groups in total. The number of ether oxygens (including phenoxy) is 1. The average molecular weight is 512 g/mol. The molecular weight excluding hydrogens is 482 g/mol. The lowest BCUT2D eigenvalue weighted by Gasteiger charge is -2.34. The summed E-state index contributed by atoms with van der Waals surface area (Å²) in [6, 6.07) is 13.1. The minimum absolute atomic E-state index is 0.311. The van der Waals surface area contributed by atoms with Crippen molar-refractivity contribution in [1.29, 1.82) is 0 Å². The molecule has 10 heteroatoms. The van der Waals surface area contributed by atoms with Crippen molar-refractivity contribution in [1.82, 2.24) is 24.4 Å². The maximum Gasteiger partial charge on any atom is 0.275 e. The highest BCUT2D eigenvalue weighted by Crippen LogP contribution is 2.28. The van der Waals surface area contributed by atoms with E-state index >= 15 is 0 Å². The largest absolute Gasteiger partial charge is 0.496 e. The molecule has 1 fully saturated rings. The molecule has 3 heterocycles. The van der Waals surface area contributed by atoms with Crippen molar-refractivity contribution in [2.75, 3.05) is 50.6 Å². The summed E-state index contributed by atoms with van der Waals surface area (Å²) in [7, 11) is 3.80. The van der Waals surface area contributed by atoms with E-state index in [0.717, 1.165) is 43.2 Å². The highest BCUT2D eigenvalue weighted by molar-refractivity contribution is 5.98. The zero-order valence-electron chi connectivity index (χ0n) is 21.4. The Kier molecular flexibility index (Phi) is 7.14. The predicted octanol–water partition coefficient (Wildman–Crippen LogP) is 2.65. The maximum atomic E-state index is 12.9. The molecule has 0 radical (unpaired) electrons. The number of piperazine rings is 1. The van der Waals surface area contributed by atoms with Crippen LogP contribution in [0.1, 0.15) is 11.4 Å². The predicted molar refractivity (Wildman–Crippen MR) is 147 cm³/mol. The van der Waals surface area contributed by atoms with Gasteiger partial charge in [-0.2, -0.15) is 0 Å². The van der Waals surface area contributed by atoms with Gasteiger partial charge in [0.1, 0.15) is 17.1 Å². The summed E-state index contributed by atoms with van der Waals surface area (Å²) in [4.78, 5) is 42.6. The van der Waals surface area contributed by atoms with Crippen molar-refractivity contribution in [3.63, 3.8) is 0 Å². The molecule has 38 heavy (non-hydrogen) atoms. The first-order valence-corrected chi connectivity index (χ1v) is 12.3. The van der Waals surface area contributed by atoms with Crippen LogP contribution >= 0.6 is 0 Å². The third kappa shape index (κ3) is 5.25. The number of nitrogens with one attached hydrogen (secondary N) is 1. The van der Waals surface area contributed by atoms with Gasteiger partial charge in [-0.25, -0.2) is 15.0 Å². The van der Waals surface area contributed by atoms with Crippen LogP contribution in [0.15, 0.2) is 72.3 Å². The summed E-state index contributed by atoms with van der Waals surface area (Å²) in [6.07, 6.45) is 4.50. The molecular formula is C28H29N7O3. The van der Waals surface area contributed by atoms with Crippen LogP contribution in [-0.2, 0) is 11.2 Å². The molecule has 0 bridgehead atoms. The van der Waals surface area contributed by atoms with E-state index in [-0.39, 0.29) is 11.5 Å². The van der Waals surface area contributed by atoms with Crippen molar-refractivity contribution in [2.24, 2.45) is 0 Å². The number of fused-ring (bicyclic) bond motifs is 1. The average Bonchev–Trinajstić information content (AvgIpc) is 2.94. The van der Waals surface area contributed by atoms with Gasteiger partial charge in [-0.3, -0.25) is 14.2 Å². The Morgan fingerprint density at radius 1 is 1.05 bits per heavy atom. The third-order valence-corrected chi connectivity index (χ3v) is 6.61. The van der Waals surface area contributed by atoms with Gasteiger partial charge in [0.15, 0.2) is 5.65 Å². The number of benzene rings is 2. The van der Waals surface area contributed by atoms with Gasteiger partial charge < -0.3 is 19.9 Å². The second kappa shape index (κ2) is 10.8. The topological polar surface area (TPSA) is 105 Å². The molecule has 2 aromatic heterocycles. The van der Waals surface area contributed by atoms with Gasteiger partial charge in [0.05, 0.1) is 25.2 Å². The van der Waals surface area contributed by atoms with Gasteiger partial charge in [0.25, 0.3) is 5.56 Å². The number of amides is 1. The summed E-state index contributed by atoms with van der Waals surface area (Å²) < 4.78 is 7.21. The van der Waals surface area contributed by atoms with E-state index in [2.05, 4.69) is 50.8 Å². The Morgan fingerprint density at radius 3 is 2.50 bits per heavy atom. The van der Waals surface area contributed by atoms with Gasteiger partial charge in [0, 0.05) is 55.6 Å². The lowest BCUT2D eigenvalue weighted by atomic mass is 10.1. The Labute approximate surface area is 220 Å². The smallest absolute Gasteiger partial charge is 0.275 e. The number of aromatic nitrogens is 4.